The van der Waals surface area contributed by atoms with Crippen molar-refractivity contribution in [1.29, 1.82) is 0 Å². The lowest BCUT2D eigenvalue weighted by Crippen LogP contribution is -2.70. The van der Waals surface area contributed by atoms with E-state index < -0.39 is 0 Å². The summed E-state index contributed by atoms with van der Waals surface area (Å²) in [6.07, 6.45) is 2.79. The SMILES string of the molecule is CC1(C)[C@H](NC(=O)Cc2cccc(O)c2)[C@@H]2CCCO[C@@H]21. The fraction of sp³-hybridized carbons (Fsp3) is 0.588. The molecular weight excluding hydrogens is 266 g/mol. The van der Waals surface area contributed by atoms with Gasteiger partial charge in [-0.2, -0.15) is 0 Å². The number of aromatic hydroxyl groups is 1. The van der Waals surface area contributed by atoms with E-state index in [4.69, 9.17) is 4.74 Å². The first-order valence-electron chi connectivity index (χ1n) is 7.67. The maximum atomic E-state index is 12.3. The minimum atomic E-state index is -0.000423. The van der Waals surface area contributed by atoms with Crippen LogP contribution in [0.5, 0.6) is 5.75 Å². The number of fused-ring (bicyclic) bond motifs is 1. The quantitative estimate of drug-likeness (QED) is 0.897. The molecule has 0 unspecified atom stereocenters. The Labute approximate surface area is 125 Å². The van der Waals surface area contributed by atoms with Crippen molar-refractivity contribution in [3.8, 4) is 5.75 Å². The Morgan fingerprint density at radius 2 is 2.29 bits per heavy atom. The maximum Gasteiger partial charge on any atom is 0.224 e. The normalized spacial score (nSPS) is 30.1. The second-order valence-electron chi connectivity index (χ2n) is 6.81. The summed E-state index contributed by atoms with van der Waals surface area (Å²) in [4.78, 5) is 12.3. The third-order valence-electron chi connectivity index (χ3n) is 4.92. The van der Waals surface area contributed by atoms with Gasteiger partial charge in [-0.3, -0.25) is 4.79 Å². The molecule has 1 aromatic rings. The van der Waals surface area contributed by atoms with Gasteiger partial charge in [0.15, 0.2) is 0 Å². The van der Waals surface area contributed by atoms with Crippen molar-refractivity contribution in [1.82, 2.24) is 5.32 Å². The number of phenols is 1. The number of benzene rings is 1. The van der Waals surface area contributed by atoms with Crippen molar-refractivity contribution in [2.24, 2.45) is 11.3 Å². The Balaban J connectivity index is 1.62. The second-order valence-corrected chi connectivity index (χ2v) is 6.81. The minimum absolute atomic E-state index is 0.000423. The summed E-state index contributed by atoms with van der Waals surface area (Å²) >= 11 is 0. The van der Waals surface area contributed by atoms with Crippen LogP contribution in [0.15, 0.2) is 24.3 Å². The highest BCUT2D eigenvalue weighted by Crippen LogP contribution is 2.51. The first kappa shape index (κ1) is 14.4. The average molecular weight is 289 g/mol. The standard InChI is InChI=1S/C17H23NO3/c1-17(2)15(13-7-4-8-21-16(13)17)18-14(20)10-11-5-3-6-12(19)9-11/h3,5-6,9,13,15-16,19H,4,7-8,10H2,1-2H3,(H,18,20)/t13-,15+,16-/m0/s1. The van der Waals surface area contributed by atoms with E-state index in [0.717, 1.165) is 25.0 Å². The molecule has 0 radical (unpaired) electrons. The first-order chi connectivity index (χ1) is 9.98. The average Bonchev–Trinajstić information content (AvgIpc) is 2.45. The van der Waals surface area contributed by atoms with E-state index >= 15 is 0 Å². The summed E-state index contributed by atoms with van der Waals surface area (Å²) in [5.74, 6) is 0.662. The maximum absolute atomic E-state index is 12.3. The van der Waals surface area contributed by atoms with Crippen LogP contribution >= 0.6 is 0 Å². The van der Waals surface area contributed by atoms with Crippen molar-refractivity contribution in [3.63, 3.8) is 0 Å². The Morgan fingerprint density at radius 3 is 3.05 bits per heavy atom. The van der Waals surface area contributed by atoms with Gasteiger partial charge in [0, 0.05) is 24.0 Å². The molecule has 0 bridgehead atoms. The molecule has 1 amide bonds. The van der Waals surface area contributed by atoms with Gasteiger partial charge in [0.1, 0.15) is 5.75 Å². The van der Waals surface area contributed by atoms with Crippen LogP contribution in [0.3, 0.4) is 0 Å². The van der Waals surface area contributed by atoms with Crippen LogP contribution in [0.4, 0.5) is 0 Å². The Morgan fingerprint density at radius 1 is 1.48 bits per heavy atom. The van der Waals surface area contributed by atoms with Crippen molar-refractivity contribution >= 4 is 5.91 Å². The minimum Gasteiger partial charge on any atom is -0.508 e. The third kappa shape index (κ3) is 2.64. The number of ether oxygens (including phenoxy) is 1. The van der Waals surface area contributed by atoms with Crippen molar-refractivity contribution in [2.45, 2.75) is 45.3 Å². The Kier molecular flexibility index (Phi) is 3.66. The van der Waals surface area contributed by atoms with E-state index in [1.54, 1.807) is 18.2 Å². The van der Waals surface area contributed by atoms with E-state index in [1.165, 1.54) is 0 Å². The topological polar surface area (TPSA) is 58.6 Å². The fourth-order valence-corrected chi connectivity index (χ4v) is 3.89. The lowest BCUT2D eigenvalue weighted by molar-refractivity contribution is -0.193. The molecule has 3 rings (SSSR count). The predicted octanol–water partition coefficient (Wildman–Crippen LogP) is 2.25. The van der Waals surface area contributed by atoms with Gasteiger partial charge >= 0.3 is 0 Å². The van der Waals surface area contributed by atoms with Crippen LogP contribution in [0, 0.1) is 11.3 Å². The molecule has 0 spiro atoms. The molecule has 2 aliphatic rings. The van der Waals surface area contributed by atoms with Crippen molar-refractivity contribution in [3.05, 3.63) is 29.8 Å². The molecule has 1 aromatic carbocycles. The van der Waals surface area contributed by atoms with Crippen molar-refractivity contribution < 1.29 is 14.6 Å². The zero-order valence-electron chi connectivity index (χ0n) is 12.6. The van der Waals surface area contributed by atoms with E-state index in [9.17, 15) is 9.90 Å². The molecule has 21 heavy (non-hydrogen) atoms. The van der Waals surface area contributed by atoms with Crippen LogP contribution in [0.2, 0.25) is 0 Å². The lowest BCUT2D eigenvalue weighted by atomic mass is 9.55. The highest BCUT2D eigenvalue weighted by Gasteiger charge is 2.58. The number of hydrogen-bond acceptors (Lipinski definition) is 3. The van der Waals surface area contributed by atoms with E-state index in [2.05, 4.69) is 19.2 Å². The fourth-order valence-electron chi connectivity index (χ4n) is 3.89. The van der Waals surface area contributed by atoms with Gasteiger partial charge in [-0.1, -0.05) is 26.0 Å². The number of nitrogens with one attached hydrogen (secondary N) is 1. The molecule has 4 heteroatoms. The summed E-state index contributed by atoms with van der Waals surface area (Å²) in [7, 11) is 0. The third-order valence-corrected chi connectivity index (χ3v) is 4.92. The van der Waals surface area contributed by atoms with Gasteiger partial charge in [0.25, 0.3) is 0 Å². The first-order valence-corrected chi connectivity index (χ1v) is 7.67. The molecule has 1 saturated carbocycles. The van der Waals surface area contributed by atoms with Gasteiger partial charge < -0.3 is 15.2 Å². The van der Waals surface area contributed by atoms with Gasteiger partial charge in [0.05, 0.1) is 12.5 Å². The van der Waals surface area contributed by atoms with E-state index in [-0.39, 0.29) is 29.2 Å². The summed E-state index contributed by atoms with van der Waals surface area (Å²) in [5, 5.41) is 12.6. The number of carbonyl (C=O) groups excluding carboxylic acids is 1. The zero-order valence-corrected chi connectivity index (χ0v) is 12.6. The molecule has 3 atom stereocenters. The Hall–Kier alpha value is -1.55. The molecular formula is C17H23NO3. The highest BCUT2D eigenvalue weighted by atomic mass is 16.5. The Bertz CT molecular complexity index is 541. The highest BCUT2D eigenvalue weighted by molar-refractivity contribution is 5.79. The zero-order chi connectivity index (χ0) is 15.0. The molecule has 1 aliphatic carbocycles. The number of amides is 1. The van der Waals surface area contributed by atoms with Crippen LogP contribution in [-0.2, 0) is 16.0 Å². The monoisotopic (exact) mass is 289 g/mol. The lowest BCUT2D eigenvalue weighted by Gasteiger charge is -2.59. The van der Waals surface area contributed by atoms with Gasteiger partial charge in [-0.25, -0.2) is 0 Å². The smallest absolute Gasteiger partial charge is 0.224 e. The van der Waals surface area contributed by atoms with Crippen LogP contribution < -0.4 is 5.32 Å². The number of rotatable bonds is 3. The summed E-state index contributed by atoms with van der Waals surface area (Å²) in [6, 6.07) is 7.06. The molecule has 1 aliphatic heterocycles. The second kappa shape index (κ2) is 5.34. The van der Waals surface area contributed by atoms with Gasteiger partial charge in [-0.05, 0) is 30.5 Å². The molecule has 2 fully saturated rings. The van der Waals surface area contributed by atoms with E-state index in [1.807, 2.05) is 6.07 Å². The molecule has 2 N–H and O–H groups in total. The summed E-state index contributed by atoms with van der Waals surface area (Å²) in [6.45, 7) is 5.17. The number of phenolic OH excluding ortho intramolecular Hbond substituents is 1. The van der Waals surface area contributed by atoms with Crippen LogP contribution in [-0.4, -0.2) is 29.8 Å². The molecule has 114 valence electrons. The van der Waals surface area contributed by atoms with Crippen LogP contribution in [0.25, 0.3) is 0 Å². The van der Waals surface area contributed by atoms with Crippen molar-refractivity contribution in [2.75, 3.05) is 6.61 Å². The predicted molar refractivity (Wildman–Crippen MR) is 80.0 cm³/mol. The van der Waals surface area contributed by atoms with Crippen LogP contribution in [0.1, 0.15) is 32.3 Å². The molecule has 0 aromatic heterocycles. The summed E-state index contributed by atoms with van der Waals surface area (Å²) in [5.41, 5.74) is 0.834. The van der Waals surface area contributed by atoms with Gasteiger partial charge in [0.2, 0.25) is 5.91 Å². The molecule has 1 heterocycles. The summed E-state index contributed by atoms with van der Waals surface area (Å²) < 4.78 is 5.85. The molecule has 1 saturated heterocycles. The number of carbonyl (C=O) groups is 1. The van der Waals surface area contributed by atoms with Gasteiger partial charge in [-0.15, -0.1) is 0 Å². The molecule has 4 nitrogen and oxygen atoms in total. The number of hydrogen-bond donors (Lipinski definition) is 2. The largest absolute Gasteiger partial charge is 0.508 e. The van der Waals surface area contributed by atoms with E-state index in [0.29, 0.717) is 12.3 Å².